The molecule has 0 fully saturated rings. The first kappa shape index (κ1) is 16.1. The zero-order chi connectivity index (χ0) is 17.3. The molecule has 5 nitrogen and oxygen atoms in total. The highest BCUT2D eigenvalue weighted by Crippen LogP contribution is 2.23. The quantitative estimate of drug-likeness (QED) is 0.865. The summed E-state index contributed by atoms with van der Waals surface area (Å²) in [5.74, 6) is -2.00. The Labute approximate surface area is 142 Å². The molecule has 7 heteroatoms. The van der Waals surface area contributed by atoms with Crippen LogP contribution in [0.3, 0.4) is 0 Å². The van der Waals surface area contributed by atoms with Gasteiger partial charge in [-0.3, -0.25) is 19.3 Å². The van der Waals surface area contributed by atoms with E-state index in [1.165, 1.54) is 12.1 Å². The van der Waals surface area contributed by atoms with Gasteiger partial charge in [0.2, 0.25) is 5.91 Å². The van der Waals surface area contributed by atoms with Crippen molar-refractivity contribution in [3.63, 3.8) is 0 Å². The molecule has 3 rings (SSSR count). The molecular weight excluding hydrogens is 335 g/mol. The second-order valence-electron chi connectivity index (χ2n) is 5.23. The molecule has 0 saturated heterocycles. The van der Waals surface area contributed by atoms with Crippen LogP contribution in [0.4, 0.5) is 10.1 Å². The largest absolute Gasteiger partial charge is 0.323 e. The van der Waals surface area contributed by atoms with Crippen molar-refractivity contribution in [2.45, 2.75) is 6.42 Å². The Morgan fingerprint density at radius 2 is 1.71 bits per heavy atom. The molecule has 0 saturated carbocycles. The lowest BCUT2D eigenvalue weighted by atomic mass is 10.1. The molecule has 2 aromatic rings. The first-order valence-electron chi connectivity index (χ1n) is 7.17. The lowest BCUT2D eigenvalue weighted by Gasteiger charge is -2.13. The molecule has 3 amide bonds. The fraction of sp³-hybridized carbons (Fsp3) is 0.118. The van der Waals surface area contributed by atoms with Gasteiger partial charge in [-0.05, 0) is 30.3 Å². The van der Waals surface area contributed by atoms with Gasteiger partial charge in [-0.2, -0.15) is 0 Å². The minimum absolute atomic E-state index is 0.0464. The average molecular weight is 347 g/mol. The zero-order valence-electron chi connectivity index (χ0n) is 12.4. The van der Waals surface area contributed by atoms with Crippen LogP contribution in [0.25, 0.3) is 0 Å². The van der Waals surface area contributed by atoms with Crippen LogP contribution >= 0.6 is 11.6 Å². The maximum atomic E-state index is 13.6. The van der Waals surface area contributed by atoms with Crippen molar-refractivity contribution in [3.05, 3.63) is 64.4 Å². The molecular formula is C17H12ClFN2O3. The van der Waals surface area contributed by atoms with Gasteiger partial charge in [-0.25, -0.2) is 4.39 Å². The number of carbonyl (C=O) groups is 3. The van der Waals surface area contributed by atoms with E-state index in [0.29, 0.717) is 11.1 Å². The smallest absolute Gasteiger partial charge is 0.261 e. The number of carbonyl (C=O) groups excluding carboxylic acids is 3. The summed E-state index contributed by atoms with van der Waals surface area (Å²) in [7, 11) is 0. The number of nitrogens with zero attached hydrogens (tertiary/aromatic N) is 1. The first-order valence-corrected chi connectivity index (χ1v) is 7.55. The molecule has 0 radical (unpaired) electrons. The standard InChI is InChI=1S/C17H12ClFN2O3/c18-10-5-6-13(19)14(9-10)20-15(22)7-8-21-16(23)11-3-1-2-4-12(11)17(21)24/h1-6,9H,7-8H2,(H,20,22). The average Bonchev–Trinajstić information content (AvgIpc) is 2.81. The van der Waals surface area contributed by atoms with Crippen LogP contribution in [0.2, 0.25) is 5.02 Å². The zero-order valence-corrected chi connectivity index (χ0v) is 13.1. The molecule has 2 aromatic carbocycles. The molecule has 1 aliphatic heterocycles. The first-order chi connectivity index (χ1) is 11.5. The molecule has 0 aliphatic carbocycles. The summed E-state index contributed by atoms with van der Waals surface area (Å²) in [6.45, 7) is -0.0830. The third-order valence-corrected chi connectivity index (χ3v) is 3.88. The molecule has 122 valence electrons. The van der Waals surface area contributed by atoms with E-state index in [2.05, 4.69) is 5.32 Å². The molecule has 1 heterocycles. The fourth-order valence-electron chi connectivity index (χ4n) is 2.46. The van der Waals surface area contributed by atoms with Crippen LogP contribution in [-0.2, 0) is 4.79 Å². The van der Waals surface area contributed by atoms with Gasteiger partial charge in [0.05, 0.1) is 16.8 Å². The minimum Gasteiger partial charge on any atom is -0.323 e. The Kier molecular flexibility index (Phi) is 4.31. The van der Waals surface area contributed by atoms with E-state index in [9.17, 15) is 18.8 Å². The Morgan fingerprint density at radius 1 is 1.08 bits per heavy atom. The van der Waals surface area contributed by atoms with Gasteiger partial charge in [-0.15, -0.1) is 0 Å². The van der Waals surface area contributed by atoms with E-state index < -0.39 is 23.5 Å². The van der Waals surface area contributed by atoms with E-state index in [-0.39, 0.29) is 23.7 Å². The predicted molar refractivity (Wildman–Crippen MR) is 86.5 cm³/mol. The van der Waals surface area contributed by atoms with Crippen LogP contribution in [0, 0.1) is 5.82 Å². The van der Waals surface area contributed by atoms with E-state index in [0.717, 1.165) is 11.0 Å². The molecule has 1 aliphatic rings. The molecule has 0 unspecified atom stereocenters. The van der Waals surface area contributed by atoms with Crippen LogP contribution in [0.15, 0.2) is 42.5 Å². The lowest BCUT2D eigenvalue weighted by Crippen LogP contribution is -2.32. The van der Waals surface area contributed by atoms with E-state index in [1.54, 1.807) is 24.3 Å². The Balaban J connectivity index is 1.64. The van der Waals surface area contributed by atoms with Crippen molar-refractivity contribution in [1.29, 1.82) is 0 Å². The Hall–Kier alpha value is -2.73. The van der Waals surface area contributed by atoms with Crippen LogP contribution in [-0.4, -0.2) is 29.2 Å². The van der Waals surface area contributed by atoms with Crippen molar-refractivity contribution in [2.75, 3.05) is 11.9 Å². The molecule has 1 N–H and O–H groups in total. The summed E-state index contributed by atoms with van der Waals surface area (Å²) >= 11 is 5.76. The number of halogens is 2. The third-order valence-electron chi connectivity index (χ3n) is 3.64. The van der Waals surface area contributed by atoms with Gasteiger partial charge in [0.25, 0.3) is 11.8 Å². The van der Waals surface area contributed by atoms with Crippen LogP contribution in [0.1, 0.15) is 27.1 Å². The SMILES string of the molecule is O=C(CCN1C(=O)c2ccccc2C1=O)Nc1cc(Cl)ccc1F. The van der Waals surface area contributed by atoms with Crippen molar-refractivity contribution in [1.82, 2.24) is 4.90 Å². The molecule has 0 atom stereocenters. The summed E-state index contributed by atoms with van der Waals surface area (Å²) < 4.78 is 13.6. The predicted octanol–water partition coefficient (Wildman–Crippen LogP) is 3.10. The normalized spacial score (nSPS) is 13.2. The number of nitrogens with one attached hydrogen (secondary N) is 1. The number of benzene rings is 2. The van der Waals surface area contributed by atoms with E-state index in [4.69, 9.17) is 11.6 Å². The van der Waals surface area contributed by atoms with Gasteiger partial charge < -0.3 is 5.32 Å². The summed E-state index contributed by atoms with van der Waals surface area (Å²) in [5.41, 5.74) is 0.599. The Bertz CT molecular complexity index is 818. The Morgan fingerprint density at radius 3 is 2.33 bits per heavy atom. The van der Waals surface area contributed by atoms with Crippen LogP contribution < -0.4 is 5.32 Å². The maximum absolute atomic E-state index is 13.6. The summed E-state index contributed by atoms with van der Waals surface area (Å²) in [6.07, 6.45) is -0.141. The van der Waals surface area contributed by atoms with Gasteiger partial charge in [0, 0.05) is 18.0 Å². The number of imide groups is 1. The summed E-state index contributed by atoms with van der Waals surface area (Å²) in [6, 6.07) is 10.3. The second-order valence-corrected chi connectivity index (χ2v) is 5.67. The number of anilines is 1. The van der Waals surface area contributed by atoms with Crippen molar-refractivity contribution in [2.24, 2.45) is 0 Å². The van der Waals surface area contributed by atoms with Gasteiger partial charge >= 0.3 is 0 Å². The maximum Gasteiger partial charge on any atom is 0.261 e. The topological polar surface area (TPSA) is 66.5 Å². The van der Waals surface area contributed by atoms with Gasteiger partial charge in [0.1, 0.15) is 5.82 Å². The number of fused-ring (bicyclic) bond motifs is 1. The highest BCUT2D eigenvalue weighted by Gasteiger charge is 2.34. The summed E-state index contributed by atoms with van der Waals surface area (Å²) in [5, 5.41) is 2.66. The number of rotatable bonds is 4. The van der Waals surface area contributed by atoms with E-state index >= 15 is 0 Å². The second kappa shape index (κ2) is 6.41. The van der Waals surface area contributed by atoms with Gasteiger partial charge in [-0.1, -0.05) is 23.7 Å². The number of hydrogen-bond acceptors (Lipinski definition) is 3. The number of hydrogen-bond donors (Lipinski definition) is 1. The number of amides is 3. The van der Waals surface area contributed by atoms with Crippen molar-refractivity contribution >= 4 is 35.0 Å². The van der Waals surface area contributed by atoms with Crippen molar-refractivity contribution in [3.8, 4) is 0 Å². The highest BCUT2D eigenvalue weighted by molar-refractivity contribution is 6.30. The summed E-state index contributed by atoms with van der Waals surface area (Å²) in [4.78, 5) is 37.3. The molecule has 0 spiro atoms. The van der Waals surface area contributed by atoms with Gasteiger partial charge in [0.15, 0.2) is 0 Å². The van der Waals surface area contributed by atoms with E-state index in [1.807, 2.05) is 0 Å². The monoisotopic (exact) mass is 346 g/mol. The minimum atomic E-state index is -0.617. The van der Waals surface area contributed by atoms with Crippen molar-refractivity contribution < 1.29 is 18.8 Å². The molecule has 0 bridgehead atoms. The molecule has 24 heavy (non-hydrogen) atoms. The molecule has 0 aromatic heterocycles. The fourth-order valence-corrected chi connectivity index (χ4v) is 2.63. The lowest BCUT2D eigenvalue weighted by molar-refractivity contribution is -0.116. The highest BCUT2D eigenvalue weighted by atomic mass is 35.5. The third kappa shape index (κ3) is 3.00. The van der Waals surface area contributed by atoms with Crippen LogP contribution in [0.5, 0.6) is 0 Å².